The second-order valence-corrected chi connectivity index (χ2v) is 9.06. The number of carbonyl (C=O) groups is 1. The lowest BCUT2D eigenvalue weighted by molar-refractivity contribution is -0.133. The molecule has 2 aliphatic rings. The summed E-state index contributed by atoms with van der Waals surface area (Å²) in [6.45, 7) is 2.47. The standard InChI is InChI=1S/C26H32ClNO3/c27-25-18-24(31-16-15-30-19-20-7-3-1-4-8-20)12-11-21(25)17-22-13-14-28(26(22)29)23-9-5-2-6-10-23/h1,3-4,7-8,11-12,18,22-23H,2,5-6,9-10,13-17,19H2. The molecular formula is C26H32ClNO3. The van der Waals surface area contributed by atoms with Gasteiger partial charge in [0, 0.05) is 23.5 Å². The van der Waals surface area contributed by atoms with E-state index in [9.17, 15) is 4.79 Å². The Kier molecular flexibility index (Phi) is 7.87. The Morgan fingerprint density at radius 3 is 2.55 bits per heavy atom. The predicted molar refractivity (Wildman–Crippen MR) is 123 cm³/mol. The van der Waals surface area contributed by atoms with Crippen LogP contribution in [-0.4, -0.2) is 36.6 Å². The van der Waals surface area contributed by atoms with E-state index in [0.29, 0.717) is 43.2 Å². The maximum absolute atomic E-state index is 12.9. The summed E-state index contributed by atoms with van der Waals surface area (Å²) in [5.74, 6) is 1.11. The summed E-state index contributed by atoms with van der Waals surface area (Å²) in [7, 11) is 0. The van der Waals surface area contributed by atoms with Crippen molar-refractivity contribution in [1.29, 1.82) is 0 Å². The van der Waals surface area contributed by atoms with Gasteiger partial charge in [-0.1, -0.05) is 67.3 Å². The van der Waals surface area contributed by atoms with Crippen LogP contribution < -0.4 is 4.74 Å². The molecular weight excluding hydrogens is 410 g/mol. The molecule has 2 aromatic carbocycles. The number of likely N-dealkylation sites (tertiary alicyclic amines) is 1. The predicted octanol–water partition coefficient (Wildman–Crippen LogP) is 5.66. The van der Waals surface area contributed by atoms with E-state index in [2.05, 4.69) is 4.90 Å². The fraction of sp³-hybridized carbons (Fsp3) is 0.500. The number of rotatable bonds is 9. The highest BCUT2D eigenvalue weighted by molar-refractivity contribution is 6.31. The molecule has 1 saturated carbocycles. The van der Waals surface area contributed by atoms with E-state index in [1.54, 1.807) is 0 Å². The number of ether oxygens (including phenoxy) is 2. The van der Waals surface area contributed by atoms with Crippen LogP contribution in [0.2, 0.25) is 5.02 Å². The summed E-state index contributed by atoms with van der Waals surface area (Å²) in [6, 6.07) is 16.3. The minimum Gasteiger partial charge on any atom is -0.491 e. The fourth-order valence-corrected chi connectivity index (χ4v) is 4.99. The van der Waals surface area contributed by atoms with E-state index in [1.807, 2.05) is 48.5 Å². The SMILES string of the molecule is O=C1C(Cc2ccc(OCCOCc3ccccc3)cc2Cl)CCN1C1CCCCC1. The normalized spacial score (nSPS) is 19.7. The lowest BCUT2D eigenvalue weighted by atomic mass is 9.94. The van der Waals surface area contributed by atoms with Gasteiger partial charge in [0.15, 0.2) is 0 Å². The molecule has 0 N–H and O–H groups in total. The van der Waals surface area contributed by atoms with Gasteiger partial charge in [0.25, 0.3) is 0 Å². The van der Waals surface area contributed by atoms with Crippen molar-refractivity contribution in [1.82, 2.24) is 4.90 Å². The van der Waals surface area contributed by atoms with Crippen LogP contribution in [0.5, 0.6) is 5.75 Å². The van der Waals surface area contributed by atoms with E-state index in [0.717, 1.165) is 29.8 Å². The molecule has 2 aromatic rings. The summed E-state index contributed by atoms with van der Waals surface area (Å²) < 4.78 is 11.4. The van der Waals surface area contributed by atoms with E-state index in [4.69, 9.17) is 21.1 Å². The summed E-state index contributed by atoms with van der Waals surface area (Å²) in [5, 5.41) is 0.673. The maximum Gasteiger partial charge on any atom is 0.226 e. The van der Waals surface area contributed by atoms with Crippen molar-refractivity contribution in [3.05, 3.63) is 64.7 Å². The van der Waals surface area contributed by atoms with Crippen molar-refractivity contribution in [2.75, 3.05) is 19.8 Å². The van der Waals surface area contributed by atoms with Crippen LogP contribution in [0.25, 0.3) is 0 Å². The number of carbonyl (C=O) groups excluding carboxylic acids is 1. The number of halogens is 1. The first-order valence-corrected chi connectivity index (χ1v) is 11.9. The van der Waals surface area contributed by atoms with E-state index >= 15 is 0 Å². The van der Waals surface area contributed by atoms with Crippen molar-refractivity contribution in [2.24, 2.45) is 5.92 Å². The Morgan fingerprint density at radius 1 is 0.968 bits per heavy atom. The molecule has 5 heteroatoms. The highest BCUT2D eigenvalue weighted by Gasteiger charge is 2.36. The summed E-state index contributed by atoms with van der Waals surface area (Å²) in [6.07, 6.45) is 7.79. The third-order valence-corrected chi connectivity index (χ3v) is 6.82. The van der Waals surface area contributed by atoms with Gasteiger partial charge in [0.1, 0.15) is 12.4 Å². The number of hydrogen-bond acceptors (Lipinski definition) is 3. The monoisotopic (exact) mass is 441 g/mol. The molecule has 1 heterocycles. The van der Waals surface area contributed by atoms with Crippen LogP contribution in [0, 0.1) is 5.92 Å². The van der Waals surface area contributed by atoms with Crippen LogP contribution in [-0.2, 0) is 22.6 Å². The molecule has 0 bridgehead atoms. The molecule has 1 aliphatic heterocycles. The van der Waals surface area contributed by atoms with E-state index in [1.165, 1.54) is 32.1 Å². The topological polar surface area (TPSA) is 38.8 Å². The zero-order valence-electron chi connectivity index (χ0n) is 18.1. The van der Waals surface area contributed by atoms with Gasteiger partial charge in [0.05, 0.1) is 13.2 Å². The van der Waals surface area contributed by atoms with E-state index in [-0.39, 0.29) is 5.92 Å². The second kappa shape index (κ2) is 11.0. The van der Waals surface area contributed by atoms with Gasteiger partial charge in [0.2, 0.25) is 5.91 Å². The quantitative estimate of drug-likeness (QED) is 0.471. The van der Waals surface area contributed by atoms with E-state index < -0.39 is 0 Å². The third kappa shape index (κ3) is 6.02. The molecule has 166 valence electrons. The second-order valence-electron chi connectivity index (χ2n) is 8.65. The van der Waals surface area contributed by atoms with Gasteiger partial charge >= 0.3 is 0 Å². The summed E-state index contributed by atoms with van der Waals surface area (Å²) in [5.41, 5.74) is 2.18. The minimum atomic E-state index is 0.0533. The highest BCUT2D eigenvalue weighted by atomic mass is 35.5. The smallest absolute Gasteiger partial charge is 0.226 e. The largest absolute Gasteiger partial charge is 0.491 e. The number of hydrogen-bond donors (Lipinski definition) is 0. The van der Waals surface area contributed by atoms with Gasteiger partial charge < -0.3 is 14.4 Å². The van der Waals surface area contributed by atoms with Gasteiger partial charge in [-0.05, 0) is 48.9 Å². The molecule has 31 heavy (non-hydrogen) atoms. The molecule has 2 fully saturated rings. The lowest BCUT2D eigenvalue weighted by Gasteiger charge is -2.31. The minimum absolute atomic E-state index is 0.0533. The Balaban J connectivity index is 1.22. The zero-order valence-corrected chi connectivity index (χ0v) is 18.9. The van der Waals surface area contributed by atoms with Crippen LogP contribution in [0.3, 0.4) is 0 Å². The fourth-order valence-electron chi connectivity index (χ4n) is 4.74. The Labute approximate surface area is 190 Å². The molecule has 0 radical (unpaired) electrons. The molecule has 0 aromatic heterocycles. The van der Waals surface area contributed by atoms with Crippen molar-refractivity contribution < 1.29 is 14.3 Å². The maximum atomic E-state index is 12.9. The van der Waals surface area contributed by atoms with Crippen molar-refractivity contribution in [3.8, 4) is 5.75 Å². The Bertz CT molecular complexity index is 851. The molecule has 1 amide bonds. The summed E-state index contributed by atoms with van der Waals surface area (Å²) >= 11 is 6.52. The lowest BCUT2D eigenvalue weighted by Crippen LogP contribution is -2.39. The average molecular weight is 442 g/mol. The van der Waals surface area contributed by atoms with Gasteiger partial charge in [-0.15, -0.1) is 0 Å². The van der Waals surface area contributed by atoms with Crippen molar-refractivity contribution >= 4 is 17.5 Å². The molecule has 4 nitrogen and oxygen atoms in total. The van der Waals surface area contributed by atoms with Crippen LogP contribution in [0.15, 0.2) is 48.5 Å². The molecule has 1 unspecified atom stereocenters. The Hall–Kier alpha value is -2.04. The number of nitrogens with zero attached hydrogens (tertiary/aromatic N) is 1. The van der Waals surface area contributed by atoms with Gasteiger partial charge in [-0.3, -0.25) is 4.79 Å². The zero-order chi connectivity index (χ0) is 21.5. The van der Waals surface area contributed by atoms with Crippen LogP contribution >= 0.6 is 11.6 Å². The first-order chi connectivity index (χ1) is 15.2. The number of benzene rings is 2. The molecule has 4 rings (SSSR count). The van der Waals surface area contributed by atoms with Gasteiger partial charge in [-0.2, -0.15) is 0 Å². The summed E-state index contributed by atoms with van der Waals surface area (Å²) in [4.78, 5) is 15.1. The molecule has 1 aliphatic carbocycles. The third-order valence-electron chi connectivity index (χ3n) is 6.47. The number of amides is 1. The van der Waals surface area contributed by atoms with Crippen molar-refractivity contribution in [2.45, 2.75) is 57.6 Å². The van der Waals surface area contributed by atoms with Crippen molar-refractivity contribution in [3.63, 3.8) is 0 Å². The average Bonchev–Trinajstić information content (AvgIpc) is 3.16. The first-order valence-electron chi connectivity index (χ1n) is 11.5. The molecule has 1 atom stereocenters. The van der Waals surface area contributed by atoms with Crippen LogP contribution in [0.1, 0.15) is 49.7 Å². The van der Waals surface area contributed by atoms with Crippen LogP contribution in [0.4, 0.5) is 0 Å². The first kappa shape index (κ1) is 22.2. The Morgan fingerprint density at radius 2 is 1.77 bits per heavy atom. The highest BCUT2D eigenvalue weighted by Crippen LogP contribution is 2.32. The van der Waals surface area contributed by atoms with Gasteiger partial charge in [-0.25, -0.2) is 0 Å². The molecule has 1 saturated heterocycles. The molecule has 0 spiro atoms.